The van der Waals surface area contributed by atoms with Gasteiger partial charge >= 0.3 is 6.09 Å². The van der Waals surface area contributed by atoms with Gasteiger partial charge in [-0.3, -0.25) is 4.90 Å². The van der Waals surface area contributed by atoms with E-state index in [4.69, 9.17) is 4.74 Å². The molecule has 124 valence electrons. The van der Waals surface area contributed by atoms with Crippen LogP contribution in [0.4, 0.5) is 4.79 Å². The lowest BCUT2D eigenvalue weighted by atomic mass is 10.0. The predicted molar refractivity (Wildman–Crippen MR) is 91.5 cm³/mol. The Balaban J connectivity index is 1.89. The molecule has 1 aromatic heterocycles. The highest BCUT2D eigenvalue weighted by Crippen LogP contribution is 2.27. The molecule has 5 nitrogen and oxygen atoms in total. The molecule has 5 heteroatoms. The van der Waals surface area contributed by atoms with Gasteiger partial charge in [-0.25, -0.2) is 4.79 Å². The first-order valence-electron chi connectivity index (χ1n) is 8.10. The van der Waals surface area contributed by atoms with Crippen molar-refractivity contribution in [3.63, 3.8) is 0 Å². The highest BCUT2D eigenvalue weighted by Gasteiger charge is 2.31. The summed E-state index contributed by atoms with van der Waals surface area (Å²) in [5.41, 5.74) is 1.86. The van der Waals surface area contributed by atoms with Gasteiger partial charge in [0, 0.05) is 38.4 Å². The summed E-state index contributed by atoms with van der Waals surface area (Å²) in [4.78, 5) is 14.4. The third-order valence-corrected chi connectivity index (χ3v) is 4.17. The fourth-order valence-corrected chi connectivity index (χ4v) is 3.05. The number of rotatable bonds is 1. The van der Waals surface area contributed by atoms with Crippen molar-refractivity contribution in [3.05, 3.63) is 36.0 Å². The van der Waals surface area contributed by atoms with E-state index < -0.39 is 5.60 Å². The maximum Gasteiger partial charge on any atom is 0.410 e. The molecule has 1 aliphatic heterocycles. The van der Waals surface area contributed by atoms with E-state index >= 15 is 0 Å². The molecule has 1 saturated heterocycles. The Morgan fingerprint density at radius 3 is 2.83 bits per heavy atom. The maximum absolute atomic E-state index is 12.5. The third kappa shape index (κ3) is 3.34. The topological polar surface area (TPSA) is 46.5 Å². The van der Waals surface area contributed by atoms with Crippen molar-refractivity contribution in [2.24, 2.45) is 7.05 Å². The molecule has 2 aromatic rings. The molecule has 1 aliphatic rings. The van der Waals surface area contributed by atoms with Crippen molar-refractivity contribution in [3.8, 4) is 0 Å². The van der Waals surface area contributed by atoms with Crippen LogP contribution in [0.1, 0.15) is 32.4 Å². The van der Waals surface area contributed by atoms with E-state index in [2.05, 4.69) is 40.3 Å². The summed E-state index contributed by atoms with van der Waals surface area (Å²) >= 11 is 0. The summed E-state index contributed by atoms with van der Waals surface area (Å²) in [5.74, 6) is 0. The Hall–Kier alpha value is -2.01. The largest absolute Gasteiger partial charge is 0.444 e. The standard InChI is InChI=1S/C18H25N3O2/c1-18(2,3)23-17(22)21-10-8-19-12-16(21)13-5-6-15-14(11-13)7-9-20(15)4/h5-7,9,11,16,19H,8,10,12H2,1-4H3. The number of aromatic nitrogens is 1. The molecular weight excluding hydrogens is 290 g/mol. The molecular formula is C18H25N3O2. The van der Waals surface area contributed by atoms with E-state index in [0.717, 1.165) is 18.7 Å². The summed E-state index contributed by atoms with van der Waals surface area (Å²) in [6, 6.07) is 8.50. The van der Waals surface area contributed by atoms with Gasteiger partial charge in [-0.15, -0.1) is 0 Å². The molecule has 1 atom stereocenters. The zero-order chi connectivity index (χ0) is 16.6. The van der Waals surface area contributed by atoms with Crippen molar-refractivity contribution in [2.75, 3.05) is 19.6 Å². The van der Waals surface area contributed by atoms with Crippen molar-refractivity contribution in [2.45, 2.75) is 32.4 Å². The lowest BCUT2D eigenvalue weighted by Crippen LogP contribution is -2.50. The Morgan fingerprint density at radius 1 is 1.30 bits per heavy atom. The number of nitrogens with one attached hydrogen (secondary N) is 1. The summed E-state index contributed by atoms with van der Waals surface area (Å²) in [6.45, 7) is 7.90. The average Bonchev–Trinajstić information content (AvgIpc) is 2.86. The number of hydrogen-bond donors (Lipinski definition) is 1. The van der Waals surface area contributed by atoms with Gasteiger partial charge in [0.25, 0.3) is 0 Å². The van der Waals surface area contributed by atoms with Gasteiger partial charge < -0.3 is 14.6 Å². The Labute approximate surface area is 137 Å². The first-order valence-corrected chi connectivity index (χ1v) is 8.10. The number of benzene rings is 1. The monoisotopic (exact) mass is 315 g/mol. The molecule has 1 amide bonds. The molecule has 0 radical (unpaired) electrons. The maximum atomic E-state index is 12.5. The Kier molecular flexibility index (Phi) is 4.06. The van der Waals surface area contributed by atoms with Gasteiger partial charge in [0.05, 0.1) is 6.04 Å². The quantitative estimate of drug-likeness (QED) is 0.880. The van der Waals surface area contributed by atoms with Crippen LogP contribution >= 0.6 is 0 Å². The molecule has 0 bridgehead atoms. The first-order chi connectivity index (χ1) is 10.8. The summed E-state index contributed by atoms with van der Waals surface area (Å²) in [5, 5.41) is 4.57. The van der Waals surface area contributed by atoms with Crippen molar-refractivity contribution >= 4 is 17.0 Å². The number of carbonyl (C=O) groups excluding carboxylic acids is 1. The van der Waals surface area contributed by atoms with Crippen LogP contribution in [0.15, 0.2) is 30.5 Å². The summed E-state index contributed by atoms with van der Waals surface area (Å²) < 4.78 is 7.68. The molecule has 23 heavy (non-hydrogen) atoms. The molecule has 2 heterocycles. The second-order valence-corrected chi connectivity index (χ2v) is 7.14. The number of ether oxygens (including phenoxy) is 1. The van der Waals surface area contributed by atoms with Gasteiger partial charge in [0.15, 0.2) is 0 Å². The molecule has 1 unspecified atom stereocenters. The fraction of sp³-hybridized carbons (Fsp3) is 0.500. The van der Waals surface area contributed by atoms with Gasteiger partial charge in [-0.2, -0.15) is 0 Å². The number of fused-ring (bicyclic) bond motifs is 1. The minimum atomic E-state index is -0.476. The zero-order valence-electron chi connectivity index (χ0n) is 14.3. The van der Waals surface area contributed by atoms with Crippen LogP contribution in [0.5, 0.6) is 0 Å². The minimum absolute atomic E-state index is 0.00297. The van der Waals surface area contributed by atoms with Gasteiger partial charge in [-0.1, -0.05) is 6.07 Å². The van der Waals surface area contributed by atoms with Crippen molar-refractivity contribution in [1.82, 2.24) is 14.8 Å². The molecule has 1 fully saturated rings. The molecule has 1 aromatic carbocycles. The van der Waals surface area contributed by atoms with E-state index in [1.54, 1.807) is 0 Å². The molecule has 0 saturated carbocycles. The Morgan fingerprint density at radius 2 is 2.09 bits per heavy atom. The number of hydrogen-bond acceptors (Lipinski definition) is 3. The lowest BCUT2D eigenvalue weighted by Gasteiger charge is -2.37. The van der Waals surface area contributed by atoms with Crippen LogP contribution in [0, 0.1) is 0 Å². The minimum Gasteiger partial charge on any atom is -0.444 e. The SMILES string of the molecule is Cn1ccc2cc(C3CNCCN3C(=O)OC(C)(C)C)ccc21. The molecule has 3 rings (SSSR count). The highest BCUT2D eigenvalue weighted by atomic mass is 16.6. The smallest absolute Gasteiger partial charge is 0.410 e. The number of aryl methyl sites for hydroxylation is 1. The van der Waals surface area contributed by atoms with Crippen LogP contribution in [-0.4, -0.2) is 40.8 Å². The second kappa shape index (κ2) is 5.89. The normalized spacial score (nSPS) is 19.1. The number of piperazine rings is 1. The van der Waals surface area contributed by atoms with E-state index in [9.17, 15) is 4.79 Å². The average molecular weight is 315 g/mol. The zero-order valence-corrected chi connectivity index (χ0v) is 14.3. The van der Waals surface area contributed by atoms with Gasteiger partial charge in [0.1, 0.15) is 5.60 Å². The van der Waals surface area contributed by atoms with E-state index in [1.807, 2.05) is 32.7 Å². The number of amides is 1. The molecule has 1 N–H and O–H groups in total. The van der Waals surface area contributed by atoms with Crippen LogP contribution < -0.4 is 5.32 Å². The third-order valence-electron chi connectivity index (χ3n) is 4.17. The van der Waals surface area contributed by atoms with Crippen LogP contribution in [0.25, 0.3) is 10.9 Å². The van der Waals surface area contributed by atoms with Crippen LogP contribution in [0.2, 0.25) is 0 Å². The Bertz CT molecular complexity index is 715. The highest BCUT2D eigenvalue weighted by molar-refractivity contribution is 5.81. The first kappa shape index (κ1) is 15.9. The van der Waals surface area contributed by atoms with Crippen LogP contribution in [0.3, 0.4) is 0 Å². The van der Waals surface area contributed by atoms with E-state index in [-0.39, 0.29) is 12.1 Å². The number of carbonyl (C=O) groups is 1. The van der Waals surface area contributed by atoms with E-state index in [0.29, 0.717) is 6.54 Å². The summed E-state index contributed by atoms with van der Waals surface area (Å²) in [7, 11) is 2.04. The van der Waals surface area contributed by atoms with Crippen LogP contribution in [-0.2, 0) is 11.8 Å². The lowest BCUT2D eigenvalue weighted by molar-refractivity contribution is 0.0118. The van der Waals surface area contributed by atoms with Gasteiger partial charge in [-0.05, 0) is 49.9 Å². The molecule has 0 spiro atoms. The predicted octanol–water partition coefficient (Wildman–Crippen LogP) is 3.06. The van der Waals surface area contributed by atoms with Gasteiger partial charge in [0.2, 0.25) is 0 Å². The van der Waals surface area contributed by atoms with Crippen molar-refractivity contribution in [1.29, 1.82) is 0 Å². The second-order valence-electron chi connectivity index (χ2n) is 7.14. The fourth-order valence-electron chi connectivity index (χ4n) is 3.05. The number of nitrogens with zero attached hydrogens (tertiary/aromatic N) is 2. The van der Waals surface area contributed by atoms with Crippen molar-refractivity contribution < 1.29 is 9.53 Å². The summed E-state index contributed by atoms with van der Waals surface area (Å²) in [6.07, 6.45) is 1.82. The molecule has 0 aliphatic carbocycles. The van der Waals surface area contributed by atoms with E-state index in [1.165, 1.54) is 10.9 Å².